The minimum absolute atomic E-state index is 0.162. The van der Waals surface area contributed by atoms with Gasteiger partial charge in [-0.3, -0.25) is 0 Å². The minimum Gasteiger partial charge on any atom is -0.338 e. The zero-order valence-electron chi connectivity index (χ0n) is 11.7. The summed E-state index contributed by atoms with van der Waals surface area (Å²) >= 11 is 0. The number of urea groups is 1. The van der Waals surface area contributed by atoms with Crippen molar-refractivity contribution >= 4 is 11.7 Å². The van der Waals surface area contributed by atoms with Gasteiger partial charge in [-0.1, -0.05) is 49.4 Å². The first-order valence-corrected chi connectivity index (χ1v) is 6.95. The van der Waals surface area contributed by atoms with Crippen LogP contribution in [0.3, 0.4) is 0 Å². The molecule has 104 valence electrons. The summed E-state index contributed by atoms with van der Waals surface area (Å²) in [7, 11) is 0. The van der Waals surface area contributed by atoms with Gasteiger partial charge in [-0.25, -0.2) is 4.79 Å². The Bertz CT molecular complexity index is 535. The molecule has 2 rings (SSSR count). The summed E-state index contributed by atoms with van der Waals surface area (Å²) in [4.78, 5) is 11.7. The molecule has 0 saturated carbocycles. The molecular weight excluding hydrogens is 248 g/mol. The number of carbonyl (C=O) groups excluding carboxylic acids is 1. The number of amides is 2. The monoisotopic (exact) mass is 268 g/mol. The van der Waals surface area contributed by atoms with Gasteiger partial charge in [-0.15, -0.1) is 0 Å². The van der Waals surface area contributed by atoms with Crippen molar-refractivity contribution in [3.05, 3.63) is 65.7 Å². The first kappa shape index (κ1) is 14.1. The van der Waals surface area contributed by atoms with Crippen LogP contribution >= 0.6 is 0 Å². The molecule has 0 spiro atoms. The van der Waals surface area contributed by atoms with E-state index in [2.05, 4.69) is 29.7 Å². The highest BCUT2D eigenvalue weighted by Gasteiger charge is 2.01. The molecule has 0 radical (unpaired) electrons. The molecule has 0 aliphatic carbocycles. The molecule has 0 bridgehead atoms. The lowest BCUT2D eigenvalue weighted by atomic mass is 10.1. The summed E-state index contributed by atoms with van der Waals surface area (Å²) in [5, 5.41) is 5.69. The van der Waals surface area contributed by atoms with Gasteiger partial charge in [0.15, 0.2) is 0 Å². The van der Waals surface area contributed by atoms with Crippen molar-refractivity contribution in [2.75, 3.05) is 11.9 Å². The van der Waals surface area contributed by atoms with E-state index in [9.17, 15) is 4.79 Å². The Morgan fingerprint density at radius 2 is 1.65 bits per heavy atom. The van der Waals surface area contributed by atoms with Crippen LogP contribution in [0.5, 0.6) is 0 Å². The second-order valence-electron chi connectivity index (χ2n) is 4.67. The Labute approximate surface area is 120 Å². The fourth-order valence-corrected chi connectivity index (χ4v) is 1.96. The number of hydrogen-bond donors (Lipinski definition) is 2. The third kappa shape index (κ3) is 4.43. The van der Waals surface area contributed by atoms with Gasteiger partial charge in [-0.05, 0) is 36.1 Å². The van der Waals surface area contributed by atoms with E-state index in [1.807, 2.05) is 42.5 Å². The van der Waals surface area contributed by atoms with Gasteiger partial charge in [-0.2, -0.15) is 0 Å². The molecule has 0 aromatic heterocycles. The fourth-order valence-electron chi connectivity index (χ4n) is 1.96. The number of nitrogens with one attached hydrogen (secondary N) is 2. The summed E-state index contributed by atoms with van der Waals surface area (Å²) in [5.41, 5.74) is 3.31. The summed E-state index contributed by atoms with van der Waals surface area (Å²) in [6.07, 6.45) is 1.84. The standard InChI is InChI=1S/C17H20N2O/c1-2-14-8-10-16(11-9-14)19-17(20)18-13-12-15-6-4-3-5-7-15/h3-11H,2,12-13H2,1H3,(H2,18,19,20). The van der Waals surface area contributed by atoms with E-state index in [1.165, 1.54) is 11.1 Å². The van der Waals surface area contributed by atoms with Crippen LogP contribution in [0.15, 0.2) is 54.6 Å². The van der Waals surface area contributed by atoms with E-state index < -0.39 is 0 Å². The van der Waals surface area contributed by atoms with E-state index in [4.69, 9.17) is 0 Å². The maximum Gasteiger partial charge on any atom is 0.319 e. The first-order chi connectivity index (χ1) is 9.78. The van der Waals surface area contributed by atoms with Crippen molar-refractivity contribution in [3.63, 3.8) is 0 Å². The molecule has 0 atom stereocenters. The van der Waals surface area contributed by atoms with Gasteiger partial charge in [0.1, 0.15) is 0 Å². The average Bonchev–Trinajstić information content (AvgIpc) is 2.49. The Kier molecular flexibility index (Phi) is 5.18. The summed E-state index contributed by atoms with van der Waals surface area (Å²) < 4.78 is 0. The van der Waals surface area contributed by atoms with Crippen LogP contribution in [0, 0.1) is 0 Å². The van der Waals surface area contributed by atoms with Crippen molar-refractivity contribution in [1.29, 1.82) is 0 Å². The van der Waals surface area contributed by atoms with Gasteiger partial charge in [0.2, 0.25) is 0 Å². The molecule has 2 N–H and O–H groups in total. The topological polar surface area (TPSA) is 41.1 Å². The summed E-state index contributed by atoms with van der Waals surface area (Å²) in [6, 6.07) is 17.9. The molecule has 20 heavy (non-hydrogen) atoms. The van der Waals surface area contributed by atoms with E-state index in [1.54, 1.807) is 0 Å². The number of carbonyl (C=O) groups is 1. The first-order valence-electron chi connectivity index (χ1n) is 6.95. The molecule has 2 amide bonds. The number of anilines is 1. The summed E-state index contributed by atoms with van der Waals surface area (Å²) in [5.74, 6) is 0. The van der Waals surface area contributed by atoms with Crippen LogP contribution in [0.25, 0.3) is 0 Å². The van der Waals surface area contributed by atoms with Gasteiger partial charge in [0.25, 0.3) is 0 Å². The van der Waals surface area contributed by atoms with E-state index in [0.717, 1.165) is 18.5 Å². The van der Waals surface area contributed by atoms with E-state index in [0.29, 0.717) is 6.54 Å². The maximum atomic E-state index is 11.7. The lowest BCUT2D eigenvalue weighted by Gasteiger charge is -2.08. The molecule has 0 aliphatic heterocycles. The molecule has 2 aromatic carbocycles. The van der Waals surface area contributed by atoms with Crippen LogP contribution in [0.2, 0.25) is 0 Å². The third-order valence-electron chi connectivity index (χ3n) is 3.16. The predicted molar refractivity (Wildman–Crippen MR) is 83.0 cm³/mol. The largest absolute Gasteiger partial charge is 0.338 e. The Balaban J connectivity index is 1.74. The van der Waals surface area contributed by atoms with Crippen molar-refractivity contribution in [2.45, 2.75) is 19.8 Å². The second-order valence-corrected chi connectivity index (χ2v) is 4.67. The Morgan fingerprint density at radius 1 is 0.950 bits per heavy atom. The van der Waals surface area contributed by atoms with Crippen LogP contribution in [-0.2, 0) is 12.8 Å². The zero-order chi connectivity index (χ0) is 14.2. The number of rotatable bonds is 5. The highest BCUT2D eigenvalue weighted by Crippen LogP contribution is 2.09. The number of benzene rings is 2. The molecule has 0 heterocycles. The smallest absolute Gasteiger partial charge is 0.319 e. The highest BCUT2D eigenvalue weighted by molar-refractivity contribution is 5.89. The van der Waals surface area contributed by atoms with Crippen LogP contribution in [0.4, 0.5) is 10.5 Å². The fraction of sp³-hybridized carbons (Fsp3) is 0.235. The third-order valence-corrected chi connectivity index (χ3v) is 3.16. The molecule has 0 fully saturated rings. The molecule has 0 aliphatic rings. The van der Waals surface area contributed by atoms with Crippen molar-refractivity contribution < 1.29 is 4.79 Å². The van der Waals surface area contributed by atoms with Crippen molar-refractivity contribution in [2.24, 2.45) is 0 Å². The maximum absolute atomic E-state index is 11.7. The predicted octanol–water partition coefficient (Wildman–Crippen LogP) is 3.61. The SMILES string of the molecule is CCc1ccc(NC(=O)NCCc2ccccc2)cc1. The molecule has 3 heteroatoms. The van der Waals surface area contributed by atoms with Crippen LogP contribution in [-0.4, -0.2) is 12.6 Å². The number of hydrogen-bond acceptors (Lipinski definition) is 1. The molecular formula is C17H20N2O. The molecule has 3 nitrogen and oxygen atoms in total. The van der Waals surface area contributed by atoms with Gasteiger partial charge in [0, 0.05) is 12.2 Å². The van der Waals surface area contributed by atoms with Gasteiger partial charge >= 0.3 is 6.03 Å². The highest BCUT2D eigenvalue weighted by atomic mass is 16.2. The van der Waals surface area contributed by atoms with Crippen molar-refractivity contribution in [3.8, 4) is 0 Å². The van der Waals surface area contributed by atoms with Crippen molar-refractivity contribution in [1.82, 2.24) is 5.32 Å². The van der Waals surface area contributed by atoms with Gasteiger partial charge in [0.05, 0.1) is 0 Å². The van der Waals surface area contributed by atoms with Crippen LogP contribution < -0.4 is 10.6 Å². The average molecular weight is 268 g/mol. The lowest BCUT2D eigenvalue weighted by molar-refractivity contribution is 0.252. The zero-order valence-corrected chi connectivity index (χ0v) is 11.7. The second kappa shape index (κ2) is 7.34. The number of aryl methyl sites for hydroxylation is 1. The normalized spacial score (nSPS) is 10.1. The van der Waals surface area contributed by atoms with Gasteiger partial charge < -0.3 is 10.6 Å². The molecule has 0 unspecified atom stereocenters. The summed E-state index contributed by atoms with van der Waals surface area (Å²) in [6.45, 7) is 2.74. The van der Waals surface area contributed by atoms with Crippen LogP contribution in [0.1, 0.15) is 18.1 Å². The lowest BCUT2D eigenvalue weighted by Crippen LogP contribution is -2.30. The quantitative estimate of drug-likeness (QED) is 0.854. The van der Waals surface area contributed by atoms with E-state index in [-0.39, 0.29) is 6.03 Å². The van der Waals surface area contributed by atoms with E-state index >= 15 is 0 Å². The Morgan fingerprint density at radius 3 is 2.30 bits per heavy atom. The Hall–Kier alpha value is -2.29. The minimum atomic E-state index is -0.162. The molecule has 2 aromatic rings. The molecule has 0 saturated heterocycles.